The van der Waals surface area contributed by atoms with Gasteiger partial charge in [-0.05, 0) is 74.6 Å². The quantitative estimate of drug-likeness (QED) is 0.683. The van der Waals surface area contributed by atoms with Gasteiger partial charge in [-0.1, -0.05) is 25.0 Å². The molecule has 148 valence electrons. The van der Waals surface area contributed by atoms with E-state index in [1.54, 1.807) is 12.1 Å². The molecule has 1 aliphatic rings. The minimum atomic E-state index is -0.567. The van der Waals surface area contributed by atoms with Gasteiger partial charge < -0.3 is 16.4 Å². The maximum atomic E-state index is 13.1. The van der Waals surface area contributed by atoms with Crippen molar-refractivity contribution >= 4 is 23.2 Å². The first-order valence-electron chi connectivity index (χ1n) is 9.84. The standard InChI is InChI=1S/C23H29N3O2/c1-15-7-9-19(12-17(15)3)26-22(28)23(10-4-5-11-23)14-25-21(27)20-13-18(24)8-6-16(20)2/h6-9,12-13H,4-5,10-11,14,24H2,1-3H3,(H,25,27)(H,26,28). The lowest BCUT2D eigenvalue weighted by atomic mass is 9.84. The van der Waals surface area contributed by atoms with Crippen molar-refractivity contribution in [3.8, 4) is 0 Å². The molecule has 5 nitrogen and oxygen atoms in total. The van der Waals surface area contributed by atoms with Gasteiger partial charge in [0.1, 0.15) is 0 Å². The highest BCUT2D eigenvalue weighted by Crippen LogP contribution is 2.39. The SMILES string of the molecule is Cc1ccc(NC(=O)C2(CNC(=O)c3cc(N)ccc3C)CCCC2)cc1C. The molecule has 0 aromatic heterocycles. The zero-order chi connectivity index (χ0) is 20.3. The Morgan fingerprint density at radius 1 is 0.964 bits per heavy atom. The van der Waals surface area contributed by atoms with Crippen LogP contribution < -0.4 is 16.4 Å². The van der Waals surface area contributed by atoms with Crippen LogP contribution in [0.5, 0.6) is 0 Å². The van der Waals surface area contributed by atoms with Crippen molar-refractivity contribution in [2.75, 3.05) is 17.6 Å². The lowest BCUT2D eigenvalue weighted by molar-refractivity contribution is -0.125. The summed E-state index contributed by atoms with van der Waals surface area (Å²) in [6.45, 7) is 6.29. The van der Waals surface area contributed by atoms with E-state index in [1.807, 2.05) is 45.0 Å². The second-order valence-corrected chi connectivity index (χ2v) is 8.00. The Kier molecular flexibility index (Phi) is 5.73. The largest absolute Gasteiger partial charge is 0.399 e. The predicted molar refractivity (Wildman–Crippen MR) is 113 cm³/mol. The van der Waals surface area contributed by atoms with Crippen molar-refractivity contribution in [2.45, 2.75) is 46.5 Å². The average Bonchev–Trinajstić information content (AvgIpc) is 3.15. The summed E-state index contributed by atoms with van der Waals surface area (Å²) in [5.41, 5.74) is 10.4. The fourth-order valence-electron chi connectivity index (χ4n) is 3.85. The van der Waals surface area contributed by atoms with Gasteiger partial charge in [-0.2, -0.15) is 0 Å². The molecule has 1 saturated carbocycles. The topological polar surface area (TPSA) is 84.2 Å². The minimum absolute atomic E-state index is 0.0159. The van der Waals surface area contributed by atoms with Crippen molar-refractivity contribution in [2.24, 2.45) is 5.41 Å². The van der Waals surface area contributed by atoms with Crippen molar-refractivity contribution in [3.63, 3.8) is 0 Å². The van der Waals surface area contributed by atoms with Crippen LogP contribution in [0.3, 0.4) is 0 Å². The monoisotopic (exact) mass is 379 g/mol. The van der Waals surface area contributed by atoms with Crippen molar-refractivity contribution < 1.29 is 9.59 Å². The molecule has 0 spiro atoms. The summed E-state index contributed by atoms with van der Waals surface area (Å²) >= 11 is 0. The lowest BCUT2D eigenvalue weighted by Gasteiger charge is -2.28. The summed E-state index contributed by atoms with van der Waals surface area (Å²) in [6.07, 6.45) is 3.54. The molecule has 0 atom stereocenters. The first kappa shape index (κ1) is 19.9. The van der Waals surface area contributed by atoms with Crippen molar-refractivity contribution in [1.82, 2.24) is 5.32 Å². The van der Waals surface area contributed by atoms with Crippen LogP contribution in [0.2, 0.25) is 0 Å². The summed E-state index contributed by atoms with van der Waals surface area (Å²) in [6, 6.07) is 11.2. The van der Waals surface area contributed by atoms with Crippen LogP contribution in [-0.4, -0.2) is 18.4 Å². The molecule has 1 aliphatic carbocycles. The van der Waals surface area contributed by atoms with E-state index < -0.39 is 5.41 Å². The summed E-state index contributed by atoms with van der Waals surface area (Å²) in [4.78, 5) is 25.8. The molecule has 0 saturated heterocycles. The molecule has 1 fully saturated rings. The van der Waals surface area contributed by atoms with E-state index in [0.717, 1.165) is 42.5 Å². The van der Waals surface area contributed by atoms with Gasteiger partial charge in [0.25, 0.3) is 5.91 Å². The maximum absolute atomic E-state index is 13.1. The van der Waals surface area contributed by atoms with E-state index >= 15 is 0 Å². The molecule has 0 unspecified atom stereocenters. The molecule has 28 heavy (non-hydrogen) atoms. The average molecular weight is 380 g/mol. The third kappa shape index (κ3) is 4.19. The predicted octanol–water partition coefficient (Wildman–Crippen LogP) is 4.12. The molecule has 0 heterocycles. The van der Waals surface area contributed by atoms with Crippen LogP contribution in [0.4, 0.5) is 11.4 Å². The first-order chi connectivity index (χ1) is 13.3. The van der Waals surface area contributed by atoms with Crippen molar-refractivity contribution in [1.29, 1.82) is 0 Å². The van der Waals surface area contributed by atoms with E-state index in [9.17, 15) is 9.59 Å². The minimum Gasteiger partial charge on any atom is -0.399 e. The summed E-state index contributed by atoms with van der Waals surface area (Å²) in [5, 5.41) is 6.05. The Labute approximate surface area is 166 Å². The highest BCUT2D eigenvalue weighted by atomic mass is 16.2. The molecule has 0 aliphatic heterocycles. The number of hydrogen-bond donors (Lipinski definition) is 3. The molecule has 3 rings (SSSR count). The Morgan fingerprint density at radius 2 is 1.64 bits per heavy atom. The van der Waals surface area contributed by atoms with Crippen LogP contribution in [0.25, 0.3) is 0 Å². The van der Waals surface area contributed by atoms with Gasteiger partial charge in [-0.3, -0.25) is 9.59 Å². The van der Waals surface area contributed by atoms with E-state index in [-0.39, 0.29) is 11.8 Å². The Bertz CT molecular complexity index is 899. The zero-order valence-corrected chi connectivity index (χ0v) is 16.9. The van der Waals surface area contributed by atoms with Crippen LogP contribution in [0.15, 0.2) is 36.4 Å². The normalized spacial score (nSPS) is 15.2. The molecule has 2 aromatic carbocycles. The molecule has 5 heteroatoms. The number of anilines is 2. The van der Waals surface area contributed by atoms with Gasteiger partial charge in [-0.25, -0.2) is 0 Å². The first-order valence-corrected chi connectivity index (χ1v) is 9.84. The van der Waals surface area contributed by atoms with Crippen LogP contribution in [0, 0.1) is 26.2 Å². The molecule has 2 aromatic rings. The van der Waals surface area contributed by atoms with Crippen LogP contribution in [-0.2, 0) is 4.79 Å². The lowest BCUT2D eigenvalue weighted by Crippen LogP contribution is -2.44. The van der Waals surface area contributed by atoms with Crippen LogP contribution in [0.1, 0.15) is 52.7 Å². The van der Waals surface area contributed by atoms with Crippen molar-refractivity contribution in [3.05, 3.63) is 58.7 Å². The number of hydrogen-bond acceptors (Lipinski definition) is 3. The smallest absolute Gasteiger partial charge is 0.251 e. The number of aryl methyl sites for hydroxylation is 3. The van der Waals surface area contributed by atoms with Gasteiger partial charge in [0.05, 0.1) is 5.41 Å². The fraction of sp³-hybridized carbons (Fsp3) is 0.391. The highest BCUT2D eigenvalue weighted by Gasteiger charge is 2.41. The highest BCUT2D eigenvalue weighted by molar-refractivity contribution is 5.98. The van der Waals surface area contributed by atoms with Gasteiger partial charge in [0.15, 0.2) is 0 Å². The number of nitrogens with one attached hydrogen (secondary N) is 2. The molecular formula is C23H29N3O2. The van der Waals surface area contributed by atoms with E-state index in [1.165, 1.54) is 5.56 Å². The summed E-state index contributed by atoms with van der Waals surface area (Å²) < 4.78 is 0. The maximum Gasteiger partial charge on any atom is 0.251 e. The molecule has 2 amide bonds. The van der Waals surface area contributed by atoms with E-state index in [0.29, 0.717) is 17.8 Å². The molecule has 0 radical (unpaired) electrons. The molecule has 4 N–H and O–H groups in total. The Morgan fingerprint density at radius 3 is 2.32 bits per heavy atom. The molecule has 0 bridgehead atoms. The Hall–Kier alpha value is -2.82. The van der Waals surface area contributed by atoms with Gasteiger partial charge >= 0.3 is 0 Å². The van der Waals surface area contributed by atoms with E-state index in [2.05, 4.69) is 10.6 Å². The third-order valence-electron chi connectivity index (χ3n) is 5.90. The number of carbonyl (C=O) groups excluding carboxylic acids is 2. The second kappa shape index (κ2) is 8.05. The number of rotatable bonds is 5. The third-order valence-corrected chi connectivity index (χ3v) is 5.90. The number of benzene rings is 2. The number of carbonyl (C=O) groups is 2. The van der Waals surface area contributed by atoms with Crippen LogP contribution >= 0.6 is 0 Å². The zero-order valence-electron chi connectivity index (χ0n) is 16.9. The summed E-state index contributed by atoms with van der Waals surface area (Å²) in [5.74, 6) is -0.201. The number of amides is 2. The number of nitrogens with two attached hydrogens (primary N) is 1. The molecular weight excluding hydrogens is 350 g/mol. The second-order valence-electron chi connectivity index (χ2n) is 8.00. The summed E-state index contributed by atoms with van der Waals surface area (Å²) in [7, 11) is 0. The van der Waals surface area contributed by atoms with Gasteiger partial charge in [0, 0.05) is 23.5 Å². The van der Waals surface area contributed by atoms with Gasteiger partial charge in [-0.15, -0.1) is 0 Å². The Balaban J connectivity index is 1.72. The van der Waals surface area contributed by atoms with Gasteiger partial charge in [0.2, 0.25) is 5.91 Å². The number of nitrogen functional groups attached to an aromatic ring is 1. The fourth-order valence-corrected chi connectivity index (χ4v) is 3.85. The van der Waals surface area contributed by atoms with E-state index in [4.69, 9.17) is 5.73 Å².